The lowest BCUT2D eigenvalue weighted by Gasteiger charge is -2.23. The number of carbonyl (C=O) groups is 1. The molecule has 0 saturated carbocycles. The largest absolute Gasteiger partial charge is 0.376 e. The maximum absolute atomic E-state index is 12.4. The van der Waals surface area contributed by atoms with Crippen LogP contribution in [0.2, 0.25) is 0 Å². The third-order valence-corrected chi connectivity index (χ3v) is 5.53. The number of rotatable bonds is 6. The predicted molar refractivity (Wildman–Crippen MR) is 90.2 cm³/mol. The molecule has 0 unspecified atom stereocenters. The highest BCUT2D eigenvalue weighted by atomic mass is 32.2. The molecule has 7 heteroatoms. The summed E-state index contributed by atoms with van der Waals surface area (Å²) in [6.45, 7) is 6.03. The van der Waals surface area contributed by atoms with Crippen molar-refractivity contribution in [2.75, 3.05) is 13.2 Å². The quantitative estimate of drug-likeness (QED) is 0.845. The summed E-state index contributed by atoms with van der Waals surface area (Å²) in [4.78, 5) is 12.3. The van der Waals surface area contributed by atoms with Crippen molar-refractivity contribution >= 4 is 15.9 Å². The van der Waals surface area contributed by atoms with E-state index >= 15 is 0 Å². The van der Waals surface area contributed by atoms with Crippen LogP contribution in [0.15, 0.2) is 23.1 Å². The molecule has 2 atom stereocenters. The number of amides is 1. The average molecular weight is 355 g/mol. The number of hydrogen-bond donors (Lipinski definition) is 1. The monoisotopic (exact) mass is 355 g/mol. The standard InChI is InChI=1S/C17H25NO5S/c1-12-7-8-13(2)16(10-12)24(20,21)18-17(19)14(3)23-11-15-6-4-5-9-22-15/h7-8,10,14-15H,4-6,9,11H2,1-3H3,(H,18,19)/t14-,15-/m0/s1. The fourth-order valence-electron chi connectivity index (χ4n) is 2.53. The third kappa shape index (κ3) is 5.03. The van der Waals surface area contributed by atoms with Crippen molar-refractivity contribution in [3.05, 3.63) is 29.3 Å². The van der Waals surface area contributed by atoms with Gasteiger partial charge in [0.2, 0.25) is 0 Å². The van der Waals surface area contributed by atoms with Crippen LogP contribution in [0.1, 0.15) is 37.3 Å². The zero-order chi connectivity index (χ0) is 17.7. The number of nitrogens with one attached hydrogen (secondary N) is 1. The van der Waals surface area contributed by atoms with Crippen LogP contribution in [0.3, 0.4) is 0 Å². The summed E-state index contributed by atoms with van der Waals surface area (Å²) in [5, 5.41) is 0. The van der Waals surface area contributed by atoms with Gasteiger partial charge in [-0.1, -0.05) is 12.1 Å². The van der Waals surface area contributed by atoms with E-state index in [4.69, 9.17) is 9.47 Å². The zero-order valence-corrected chi connectivity index (χ0v) is 15.2. The molecule has 1 saturated heterocycles. The molecular weight excluding hydrogens is 330 g/mol. The average Bonchev–Trinajstić information content (AvgIpc) is 2.55. The van der Waals surface area contributed by atoms with E-state index in [1.165, 1.54) is 6.92 Å². The molecule has 0 radical (unpaired) electrons. The van der Waals surface area contributed by atoms with Gasteiger partial charge in [0.15, 0.2) is 0 Å². The molecular formula is C17H25NO5S. The number of sulfonamides is 1. The molecule has 6 nitrogen and oxygen atoms in total. The molecule has 0 aromatic heterocycles. The molecule has 0 aliphatic carbocycles. The van der Waals surface area contributed by atoms with Gasteiger partial charge in [0.1, 0.15) is 6.10 Å². The van der Waals surface area contributed by atoms with E-state index in [0.29, 0.717) is 12.2 Å². The Morgan fingerprint density at radius 1 is 1.38 bits per heavy atom. The van der Waals surface area contributed by atoms with Gasteiger partial charge in [0.25, 0.3) is 15.9 Å². The molecule has 1 aliphatic rings. The van der Waals surface area contributed by atoms with Gasteiger partial charge in [0.05, 0.1) is 17.6 Å². The molecule has 1 fully saturated rings. The van der Waals surface area contributed by atoms with Crippen LogP contribution in [-0.4, -0.2) is 39.7 Å². The Kier molecular flexibility index (Phi) is 6.37. The molecule has 2 rings (SSSR count). The maximum Gasteiger partial charge on any atom is 0.264 e. The Morgan fingerprint density at radius 3 is 2.79 bits per heavy atom. The molecule has 1 N–H and O–H groups in total. The van der Waals surface area contributed by atoms with E-state index in [-0.39, 0.29) is 17.6 Å². The molecule has 1 aromatic carbocycles. The van der Waals surface area contributed by atoms with E-state index < -0.39 is 22.0 Å². The van der Waals surface area contributed by atoms with E-state index in [0.717, 1.165) is 24.8 Å². The second-order valence-corrected chi connectivity index (χ2v) is 7.85. The SMILES string of the molecule is Cc1ccc(C)c(S(=O)(=O)NC(=O)[C@H](C)OC[C@@H]2CCCCO2)c1. The van der Waals surface area contributed by atoms with Gasteiger partial charge >= 0.3 is 0 Å². The molecule has 1 aromatic rings. The van der Waals surface area contributed by atoms with Gasteiger partial charge in [-0.25, -0.2) is 13.1 Å². The van der Waals surface area contributed by atoms with Crippen molar-refractivity contribution in [3.63, 3.8) is 0 Å². The first-order valence-electron chi connectivity index (χ1n) is 8.17. The van der Waals surface area contributed by atoms with E-state index in [2.05, 4.69) is 4.72 Å². The summed E-state index contributed by atoms with van der Waals surface area (Å²) in [6.07, 6.45) is 2.13. The molecule has 24 heavy (non-hydrogen) atoms. The number of carbonyl (C=O) groups excluding carboxylic acids is 1. The summed E-state index contributed by atoms with van der Waals surface area (Å²) in [5.74, 6) is -0.674. The van der Waals surface area contributed by atoms with Gasteiger partial charge in [-0.3, -0.25) is 4.79 Å². The van der Waals surface area contributed by atoms with Crippen molar-refractivity contribution in [2.24, 2.45) is 0 Å². The fraction of sp³-hybridized carbons (Fsp3) is 0.588. The highest BCUT2D eigenvalue weighted by molar-refractivity contribution is 7.90. The van der Waals surface area contributed by atoms with Crippen molar-refractivity contribution in [1.82, 2.24) is 4.72 Å². The van der Waals surface area contributed by atoms with E-state index in [1.54, 1.807) is 26.0 Å². The van der Waals surface area contributed by atoms with Gasteiger partial charge in [0, 0.05) is 6.61 Å². The Balaban J connectivity index is 1.95. The van der Waals surface area contributed by atoms with Crippen LogP contribution in [-0.2, 0) is 24.3 Å². The van der Waals surface area contributed by atoms with Crippen molar-refractivity contribution in [3.8, 4) is 0 Å². The Morgan fingerprint density at radius 2 is 2.12 bits per heavy atom. The zero-order valence-electron chi connectivity index (χ0n) is 14.4. The number of hydrogen-bond acceptors (Lipinski definition) is 5. The van der Waals surface area contributed by atoms with Gasteiger partial charge in [-0.2, -0.15) is 0 Å². The van der Waals surface area contributed by atoms with Crippen molar-refractivity contribution in [2.45, 2.75) is 57.1 Å². The first-order valence-corrected chi connectivity index (χ1v) is 9.65. The molecule has 0 bridgehead atoms. The summed E-state index contributed by atoms with van der Waals surface area (Å²) in [6, 6.07) is 5.09. The first kappa shape index (κ1) is 18.9. The Hall–Kier alpha value is -1.44. The smallest absolute Gasteiger partial charge is 0.264 e. The summed E-state index contributed by atoms with van der Waals surface area (Å²) in [7, 11) is -3.91. The fourth-order valence-corrected chi connectivity index (χ4v) is 3.91. The van der Waals surface area contributed by atoms with Crippen molar-refractivity contribution < 1.29 is 22.7 Å². The lowest BCUT2D eigenvalue weighted by molar-refractivity contribution is -0.133. The molecule has 1 aliphatic heterocycles. The van der Waals surface area contributed by atoms with Crippen LogP contribution in [0, 0.1) is 13.8 Å². The third-order valence-electron chi connectivity index (χ3n) is 4.04. The van der Waals surface area contributed by atoms with Crippen LogP contribution in [0.25, 0.3) is 0 Å². The molecule has 1 amide bonds. The van der Waals surface area contributed by atoms with Crippen LogP contribution in [0.4, 0.5) is 0 Å². The molecule has 1 heterocycles. The number of aryl methyl sites for hydroxylation is 2. The van der Waals surface area contributed by atoms with Gasteiger partial charge < -0.3 is 9.47 Å². The lowest BCUT2D eigenvalue weighted by atomic mass is 10.1. The Bertz CT molecular complexity index is 680. The van der Waals surface area contributed by atoms with Crippen LogP contribution in [0.5, 0.6) is 0 Å². The van der Waals surface area contributed by atoms with Crippen molar-refractivity contribution in [1.29, 1.82) is 0 Å². The van der Waals surface area contributed by atoms with Crippen LogP contribution < -0.4 is 4.72 Å². The highest BCUT2D eigenvalue weighted by Crippen LogP contribution is 2.17. The number of ether oxygens (including phenoxy) is 2. The first-order chi connectivity index (χ1) is 11.3. The molecule has 0 spiro atoms. The highest BCUT2D eigenvalue weighted by Gasteiger charge is 2.25. The van der Waals surface area contributed by atoms with E-state index in [1.807, 2.05) is 6.07 Å². The maximum atomic E-state index is 12.4. The van der Waals surface area contributed by atoms with Gasteiger partial charge in [-0.05, 0) is 57.2 Å². The minimum absolute atomic E-state index is 0.0235. The molecule has 134 valence electrons. The second kappa shape index (κ2) is 8.09. The second-order valence-electron chi connectivity index (χ2n) is 6.20. The van der Waals surface area contributed by atoms with Gasteiger partial charge in [-0.15, -0.1) is 0 Å². The predicted octanol–water partition coefficient (Wildman–Crippen LogP) is 2.08. The lowest BCUT2D eigenvalue weighted by Crippen LogP contribution is -2.40. The minimum atomic E-state index is -3.91. The Labute approximate surface area is 143 Å². The topological polar surface area (TPSA) is 81.7 Å². The summed E-state index contributed by atoms with van der Waals surface area (Å²) >= 11 is 0. The summed E-state index contributed by atoms with van der Waals surface area (Å²) < 4.78 is 37.9. The summed E-state index contributed by atoms with van der Waals surface area (Å²) in [5.41, 5.74) is 1.40. The minimum Gasteiger partial charge on any atom is -0.376 e. The number of benzene rings is 1. The normalized spacial score (nSPS) is 19.7. The van der Waals surface area contributed by atoms with Crippen LogP contribution >= 0.6 is 0 Å². The van der Waals surface area contributed by atoms with E-state index in [9.17, 15) is 13.2 Å².